The number of esters is 1. The normalized spacial score (nSPS) is 11.9. The van der Waals surface area contributed by atoms with E-state index in [1.807, 2.05) is 0 Å². The van der Waals surface area contributed by atoms with Crippen LogP contribution >= 0.6 is 0 Å². The fourth-order valence-corrected chi connectivity index (χ4v) is 3.82. The van der Waals surface area contributed by atoms with Crippen LogP contribution in [0.1, 0.15) is 23.5 Å². The van der Waals surface area contributed by atoms with Crippen LogP contribution in [0.5, 0.6) is 23.0 Å². The van der Waals surface area contributed by atoms with Crippen molar-refractivity contribution in [3.63, 3.8) is 0 Å². The van der Waals surface area contributed by atoms with Gasteiger partial charge in [-0.1, -0.05) is 42.5 Å². The Bertz CT molecular complexity index is 1410. The van der Waals surface area contributed by atoms with E-state index in [1.165, 1.54) is 25.3 Å². The van der Waals surface area contributed by atoms with Gasteiger partial charge < -0.3 is 29.6 Å². The van der Waals surface area contributed by atoms with Crippen molar-refractivity contribution in [1.29, 1.82) is 0 Å². The molecule has 0 saturated carbocycles. The molecule has 33 heavy (non-hydrogen) atoms. The summed E-state index contributed by atoms with van der Waals surface area (Å²) in [6, 6.07) is 15.8. The number of ether oxygens (including phenoxy) is 1. The minimum Gasteiger partial charge on any atom is -0.508 e. The zero-order valence-corrected chi connectivity index (χ0v) is 17.5. The number of hydrogen-bond donors (Lipinski definition) is 4. The minimum atomic E-state index is -0.993. The number of hydrogen-bond acceptors (Lipinski definition) is 8. The van der Waals surface area contributed by atoms with Gasteiger partial charge in [0.05, 0.1) is 13.5 Å². The van der Waals surface area contributed by atoms with E-state index in [0.29, 0.717) is 11.1 Å². The molecule has 0 amide bonds. The average Bonchev–Trinajstić information content (AvgIpc) is 2.82. The molecule has 1 heterocycles. The molecular formula is C25H20O8. The van der Waals surface area contributed by atoms with Crippen LogP contribution in [0, 0.1) is 0 Å². The summed E-state index contributed by atoms with van der Waals surface area (Å²) < 4.78 is 10.8. The summed E-state index contributed by atoms with van der Waals surface area (Å²) in [6.45, 7) is 0. The first-order chi connectivity index (χ1) is 15.8. The lowest BCUT2D eigenvalue weighted by molar-refractivity contribution is -0.140. The zero-order valence-electron chi connectivity index (χ0n) is 17.5. The molecule has 0 bridgehead atoms. The van der Waals surface area contributed by atoms with Gasteiger partial charge in [-0.05, 0) is 17.7 Å². The molecular weight excluding hydrogens is 428 g/mol. The number of fused-ring (bicyclic) bond motifs is 1. The quantitative estimate of drug-likeness (QED) is 0.266. The number of phenols is 4. The van der Waals surface area contributed by atoms with Crippen LogP contribution in [0.4, 0.5) is 0 Å². The summed E-state index contributed by atoms with van der Waals surface area (Å²) >= 11 is 0. The number of rotatable bonds is 5. The topological polar surface area (TPSA) is 137 Å². The first-order valence-corrected chi connectivity index (χ1v) is 9.97. The highest BCUT2D eigenvalue weighted by atomic mass is 16.5. The molecule has 4 rings (SSSR count). The third kappa shape index (κ3) is 3.94. The number of aromatic hydroxyl groups is 4. The second kappa shape index (κ2) is 8.58. The van der Waals surface area contributed by atoms with Crippen LogP contribution in [0.15, 0.2) is 69.9 Å². The molecule has 0 saturated heterocycles. The Labute approximate surface area is 187 Å². The van der Waals surface area contributed by atoms with E-state index >= 15 is 0 Å². The van der Waals surface area contributed by atoms with Crippen LogP contribution in [0.25, 0.3) is 22.3 Å². The van der Waals surface area contributed by atoms with E-state index in [-0.39, 0.29) is 34.5 Å². The first-order valence-electron chi connectivity index (χ1n) is 9.97. The van der Waals surface area contributed by atoms with Crippen molar-refractivity contribution >= 4 is 16.9 Å². The van der Waals surface area contributed by atoms with Crippen molar-refractivity contribution in [2.24, 2.45) is 0 Å². The van der Waals surface area contributed by atoms with Crippen LogP contribution in [0.2, 0.25) is 0 Å². The molecule has 8 nitrogen and oxygen atoms in total. The fourth-order valence-electron chi connectivity index (χ4n) is 3.82. The monoisotopic (exact) mass is 448 g/mol. The lowest BCUT2D eigenvalue weighted by Crippen LogP contribution is -2.12. The van der Waals surface area contributed by atoms with Gasteiger partial charge in [-0.2, -0.15) is 0 Å². The molecule has 1 atom stereocenters. The Morgan fingerprint density at radius 2 is 1.67 bits per heavy atom. The maximum atomic E-state index is 13.0. The van der Waals surface area contributed by atoms with Crippen molar-refractivity contribution in [2.45, 2.75) is 12.3 Å². The molecule has 8 heteroatoms. The second-order valence-electron chi connectivity index (χ2n) is 7.43. The molecule has 1 unspecified atom stereocenters. The van der Waals surface area contributed by atoms with Gasteiger partial charge >= 0.3 is 5.97 Å². The highest BCUT2D eigenvalue weighted by Crippen LogP contribution is 2.49. The highest BCUT2D eigenvalue weighted by molar-refractivity contribution is 5.93. The highest BCUT2D eigenvalue weighted by Gasteiger charge is 2.31. The van der Waals surface area contributed by atoms with Crippen molar-refractivity contribution in [3.05, 3.63) is 82.0 Å². The molecule has 0 aliphatic heterocycles. The predicted molar refractivity (Wildman–Crippen MR) is 119 cm³/mol. The van der Waals surface area contributed by atoms with Gasteiger partial charge in [0, 0.05) is 23.1 Å². The van der Waals surface area contributed by atoms with Gasteiger partial charge in [-0.15, -0.1) is 0 Å². The largest absolute Gasteiger partial charge is 0.508 e. The van der Waals surface area contributed by atoms with Crippen molar-refractivity contribution in [2.75, 3.05) is 7.11 Å². The van der Waals surface area contributed by atoms with Crippen LogP contribution in [-0.2, 0) is 9.53 Å². The van der Waals surface area contributed by atoms with E-state index in [0.717, 1.165) is 0 Å². The van der Waals surface area contributed by atoms with E-state index < -0.39 is 34.6 Å². The van der Waals surface area contributed by atoms with Crippen molar-refractivity contribution in [3.8, 4) is 34.3 Å². The first kappa shape index (κ1) is 21.8. The summed E-state index contributed by atoms with van der Waals surface area (Å²) in [7, 11) is 1.20. The molecule has 0 aliphatic carbocycles. The molecule has 4 N–H and O–H groups in total. The van der Waals surface area contributed by atoms with Crippen LogP contribution in [-0.4, -0.2) is 33.5 Å². The Kier molecular flexibility index (Phi) is 5.66. The molecule has 3 aromatic carbocycles. The van der Waals surface area contributed by atoms with Crippen molar-refractivity contribution in [1.82, 2.24) is 0 Å². The Morgan fingerprint density at radius 1 is 0.939 bits per heavy atom. The number of carbonyl (C=O) groups excluding carboxylic acids is 1. The molecule has 1 aromatic heterocycles. The lowest BCUT2D eigenvalue weighted by Gasteiger charge is -2.21. The van der Waals surface area contributed by atoms with Gasteiger partial charge in [-0.25, -0.2) is 0 Å². The number of phenolic OH excluding ortho intramolecular Hbond substituents is 4. The predicted octanol–water partition coefficient (Wildman–Crippen LogP) is 3.98. The fraction of sp³-hybridized carbons (Fsp3) is 0.120. The molecule has 168 valence electrons. The lowest BCUT2D eigenvalue weighted by atomic mass is 9.86. The molecule has 0 aliphatic rings. The van der Waals surface area contributed by atoms with Crippen LogP contribution in [0.3, 0.4) is 0 Å². The SMILES string of the molecule is COC(=O)CC(c1cccc(O)c1)c1c(O)c(O)c(O)c2c(=O)cc(-c3ccccc3)oc12. The zero-order chi connectivity index (χ0) is 23.7. The smallest absolute Gasteiger partial charge is 0.306 e. The number of carbonyl (C=O) groups is 1. The molecule has 0 radical (unpaired) electrons. The number of benzene rings is 3. The standard InChI is InChI=1S/C25H20O8/c1-32-19(28)11-16(14-8-5-9-15(26)10-14)20-22(29)24(31)23(30)21-17(27)12-18(33-25(20)21)13-6-3-2-4-7-13/h2-10,12,16,26,29-31H,11H2,1H3. The van der Waals surface area contributed by atoms with Crippen molar-refractivity contribution < 1.29 is 34.4 Å². The van der Waals surface area contributed by atoms with E-state index in [2.05, 4.69) is 0 Å². The van der Waals surface area contributed by atoms with Gasteiger partial charge in [0.25, 0.3) is 0 Å². The van der Waals surface area contributed by atoms with Gasteiger partial charge in [0.1, 0.15) is 22.5 Å². The van der Waals surface area contributed by atoms with Gasteiger partial charge in [0.2, 0.25) is 5.75 Å². The third-order valence-corrected chi connectivity index (χ3v) is 5.41. The van der Waals surface area contributed by atoms with E-state index in [4.69, 9.17) is 9.15 Å². The molecule has 0 spiro atoms. The van der Waals surface area contributed by atoms with Crippen LogP contribution < -0.4 is 5.43 Å². The summed E-state index contributed by atoms with van der Waals surface area (Å²) in [6.07, 6.45) is -0.313. The minimum absolute atomic E-state index is 0.0967. The third-order valence-electron chi connectivity index (χ3n) is 5.41. The summed E-state index contributed by atoms with van der Waals surface area (Å²) in [5, 5.41) is 41.3. The Balaban J connectivity index is 2.10. The van der Waals surface area contributed by atoms with Gasteiger partial charge in [-0.3, -0.25) is 9.59 Å². The summed E-state index contributed by atoms with van der Waals surface area (Å²) in [4.78, 5) is 25.2. The molecule has 0 fully saturated rings. The summed E-state index contributed by atoms with van der Waals surface area (Å²) in [5.41, 5.74) is -0.0132. The summed E-state index contributed by atoms with van der Waals surface area (Å²) in [5.74, 6) is -4.10. The maximum absolute atomic E-state index is 13.0. The average molecular weight is 448 g/mol. The number of methoxy groups -OCH3 is 1. The Hall–Kier alpha value is -4.46. The molecule has 4 aromatic rings. The maximum Gasteiger partial charge on any atom is 0.306 e. The van der Waals surface area contributed by atoms with E-state index in [1.54, 1.807) is 42.5 Å². The Morgan fingerprint density at radius 3 is 2.33 bits per heavy atom. The van der Waals surface area contributed by atoms with E-state index in [9.17, 15) is 30.0 Å². The second-order valence-corrected chi connectivity index (χ2v) is 7.43. The van der Waals surface area contributed by atoms with Gasteiger partial charge in [0.15, 0.2) is 16.9 Å².